The van der Waals surface area contributed by atoms with E-state index in [1.807, 2.05) is 6.92 Å². The van der Waals surface area contributed by atoms with Gasteiger partial charge in [0.15, 0.2) is 5.16 Å². The van der Waals surface area contributed by atoms with Gasteiger partial charge in [-0.1, -0.05) is 12.1 Å². The van der Waals surface area contributed by atoms with Crippen molar-refractivity contribution in [1.29, 1.82) is 0 Å². The zero-order valence-corrected chi connectivity index (χ0v) is 10.4. The summed E-state index contributed by atoms with van der Waals surface area (Å²) in [5.74, 6) is -1.00. The quantitative estimate of drug-likeness (QED) is 0.873. The zero-order chi connectivity index (χ0) is 13.1. The Balaban J connectivity index is 2.40. The van der Waals surface area contributed by atoms with Gasteiger partial charge in [0.1, 0.15) is 0 Å². The normalized spacial score (nSPS) is 10.5. The molecule has 7 heteroatoms. The van der Waals surface area contributed by atoms with Crippen LogP contribution in [0.15, 0.2) is 39.1 Å². The standard InChI is InChI=1S/C11H11N3O3S/c1-2-14-10(17)12-13-11(14)18-8-6-4-3-5-7(8)9(15)16/h3-6H,2H2,1H3,(H,12,17)(H,15,16). The largest absolute Gasteiger partial charge is 0.478 e. The Kier molecular flexibility index (Phi) is 3.52. The zero-order valence-electron chi connectivity index (χ0n) is 9.58. The topological polar surface area (TPSA) is 88.0 Å². The fourth-order valence-corrected chi connectivity index (χ4v) is 2.51. The van der Waals surface area contributed by atoms with Gasteiger partial charge in [0.05, 0.1) is 5.56 Å². The molecule has 0 saturated carbocycles. The lowest BCUT2D eigenvalue weighted by atomic mass is 10.2. The smallest absolute Gasteiger partial charge is 0.343 e. The monoisotopic (exact) mass is 265 g/mol. The molecule has 0 spiro atoms. The number of hydrogen-bond acceptors (Lipinski definition) is 4. The van der Waals surface area contributed by atoms with Crippen LogP contribution in [-0.2, 0) is 6.54 Å². The highest BCUT2D eigenvalue weighted by atomic mass is 32.2. The number of aromatic amines is 1. The van der Waals surface area contributed by atoms with Gasteiger partial charge in [-0.15, -0.1) is 5.10 Å². The lowest BCUT2D eigenvalue weighted by Crippen LogP contribution is -2.16. The predicted octanol–water partition coefficient (Wildman–Crippen LogP) is 1.44. The van der Waals surface area contributed by atoms with Crippen molar-refractivity contribution >= 4 is 17.7 Å². The molecular weight excluding hydrogens is 254 g/mol. The summed E-state index contributed by atoms with van der Waals surface area (Å²) < 4.78 is 1.45. The van der Waals surface area contributed by atoms with Crippen LogP contribution < -0.4 is 5.69 Å². The number of carboxylic acid groups (broad SMARTS) is 1. The second-order valence-electron chi connectivity index (χ2n) is 3.46. The van der Waals surface area contributed by atoms with Crippen LogP contribution in [0.25, 0.3) is 0 Å². The first kappa shape index (κ1) is 12.4. The highest BCUT2D eigenvalue weighted by Gasteiger charge is 2.14. The lowest BCUT2D eigenvalue weighted by Gasteiger charge is -2.05. The van der Waals surface area contributed by atoms with Crippen LogP contribution >= 0.6 is 11.8 Å². The molecule has 0 aliphatic heterocycles. The maximum Gasteiger partial charge on any atom is 0.343 e. The van der Waals surface area contributed by atoms with Crippen molar-refractivity contribution in [1.82, 2.24) is 14.8 Å². The van der Waals surface area contributed by atoms with Crippen molar-refractivity contribution in [2.75, 3.05) is 0 Å². The van der Waals surface area contributed by atoms with Gasteiger partial charge < -0.3 is 5.11 Å². The molecule has 0 aliphatic carbocycles. The molecule has 18 heavy (non-hydrogen) atoms. The minimum absolute atomic E-state index is 0.195. The van der Waals surface area contributed by atoms with E-state index in [0.717, 1.165) is 11.8 Å². The summed E-state index contributed by atoms with van der Waals surface area (Å²) in [7, 11) is 0. The number of rotatable bonds is 4. The molecule has 1 heterocycles. The van der Waals surface area contributed by atoms with Crippen molar-refractivity contribution in [2.24, 2.45) is 0 Å². The number of nitrogens with zero attached hydrogens (tertiary/aromatic N) is 2. The predicted molar refractivity (Wildman–Crippen MR) is 66.0 cm³/mol. The maximum atomic E-state index is 11.4. The fraction of sp³-hybridized carbons (Fsp3) is 0.182. The number of H-pyrrole nitrogens is 1. The van der Waals surface area contributed by atoms with E-state index in [1.54, 1.807) is 18.2 Å². The van der Waals surface area contributed by atoms with Crippen LogP contribution in [0.2, 0.25) is 0 Å². The summed E-state index contributed by atoms with van der Waals surface area (Å²) in [5, 5.41) is 15.7. The summed E-state index contributed by atoms with van der Waals surface area (Å²) in [6.07, 6.45) is 0. The van der Waals surface area contributed by atoms with Crippen LogP contribution in [0.4, 0.5) is 0 Å². The number of aromatic carboxylic acids is 1. The number of aromatic nitrogens is 3. The summed E-state index contributed by atoms with van der Waals surface area (Å²) in [4.78, 5) is 23.0. The first-order chi connectivity index (χ1) is 8.63. The first-order valence-corrected chi connectivity index (χ1v) is 6.10. The van der Waals surface area contributed by atoms with Crippen molar-refractivity contribution in [3.63, 3.8) is 0 Å². The van der Waals surface area contributed by atoms with Gasteiger partial charge in [-0.2, -0.15) is 0 Å². The van der Waals surface area contributed by atoms with Gasteiger partial charge in [0.25, 0.3) is 0 Å². The van der Waals surface area contributed by atoms with E-state index in [4.69, 9.17) is 5.11 Å². The molecule has 0 bridgehead atoms. The minimum Gasteiger partial charge on any atom is -0.478 e. The molecule has 0 saturated heterocycles. The molecule has 0 unspecified atom stereocenters. The lowest BCUT2D eigenvalue weighted by molar-refractivity contribution is 0.0693. The number of nitrogens with one attached hydrogen (secondary N) is 1. The Bertz CT molecular complexity index is 632. The van der Waals surface area contributed by atoms with Crippen LogP contribution in [0.3, 0.4) is 0 Å². The van der Waals surface area contributed by atoms with E-state index >= 15 is 0 Å². The van der Waals surface area contributed by atoms with E-state index in [0.29, 0.717) is 16.6 Å². The Hall–Kier alpha value is -2.02. The third-order valence-electron chi connectivity index (χ3n) is 2.36. The average molecular weight is 265 g/mol. The molecule has 0 radical (unpaired) electrons. The summed E-state index contributed by atoms with van der Waals surface area (Å²) >= 11 is 1.15. The van der Waals surface area contributed by atoms with Crippen LogP contribution in [0, 0.1) is 0 Å². The van der Waals surface area contributed by atoms with Gasteiger partial charge in [0, 0.05) is 11.4 Å². The second-order valence-corrected chi connectivity index (χ2v) is 4.47. The summed E-state index contributed by atoms with van der Waals surface area (Å²) in [6, 6.07) is 6.61. The molecule has 0 aliphatic rings. The molecular formula is C11H11N3O3S. The molecule has 94 valence electrons. The van der Waals surface area contributed by atoms with Crippen molar-refractivity contribution in [2.45, 2.75) is 23.5 Å². The highest BCUT2D eigenvalue weighted by Crippen LogP contribution is 2.28. The molecule has 2 rings (SSSR count). The van der Waals surface area contributed by atoms with Gasteiger partial charge in [0.2, 0.25) is 0 Å². The van der Waals surface area contributed by atoms with Gasteiger partial charge in [-0.05, 0) is 30.8 Å². The first-order valence-electron chi connectivity index (χ1n) is 5.29. The number of benzene rings is 1. The fourth-order valence-electron chi connectivity index (χ4n) is 1.49. The highest BCUT2D eigenvalue weighted by molar-refractivity contribution is 7.99. The van der Waals surface area contributed by atoms with E-state index in [9.17, 15) is 9.59 Å². The van der Waals surface area contributed by atoms with E-state index in [-0.39, 0.29) is 11.3 Å². The van der Waals surface area contributed by atoms with Crippen LogP contribution in [0.5, 0.6) is 0 Å². The van der Waals surface area contributed by atoms with Crippen molar-refractivity contribution in [3.8, 4) is 0 Å². The van der Waals surface area contributed by atoms with E-state index in [1.165, 1.54) is 10.6 Å². The second kappa shape index (κ2) is 5.09. The Morgan fingerprint density at radius 2 is 2.22 bits per heavy atom. The van der Waals surface area contributed by atoms with Crippen molar-refractivity contribution < 1.29 is 9.90 Å². The number of hydrogen-bond donors (Lipinski definition) is 2. The third kappa shape index (κ3) is 2.30. The maximum absolute atomic E-state index is 11.4. The molecule has 1 aromatic heterocycles. The van der Waals surface area contributed by atoms with Crippen LogP contribution in [-0.4, -0.2) is 25.8 Å². The summed E-state index contributed by atoms with van der Waals surface area (Å²) in [5.41, 5.74) is -0.103. The molecule has 0 amide bonds. The Morgan fingerprint density at radius 3 is 2.89 bits per heavy atom. The Morgan fingerprint density at radius 1 is 1.50 bits per heavy atom. The van der Waals surface area contributed by atoms with Crippen molar-refractivity contribution in [3.05, 3.63) is 40.3 Å². The molecule has 0 fully saturated rings. The molecule has 0 atom stereocenters. The summed E-state index contributed by atoms with van der Waals surface area (Å²) in [6.45, 7) is 2.30. The molecule has 2 N–H and O–H groups in total. The molecule has 6 nitrogen and oxygen atoms in total. The third-order valence-corrected chi connectivity index (χ3v) is 3.43. The molecule has 2 aromatic rings. The van der Waals surface area contributed by atoms with E-state index < -0.39 is 5.97 Å². The SMILES string of the molecule is CCn1c(Sc2ccccc2C(=O)O)n[nH]c1=O. The van der Waals surface area contributed by atoms with Crippen LogP contribution in [0.1, 0.15) is 17.3 Å². The number of carboxylic acids is 1. The van der Waals surface area contributed by atoms with Gasteiger partial charge >= 0.3 is 11.7 Å². The average Bonchev–Trinajstić information content (AvgIpc) is 2.70. The van der Waals surface area contributed by atoms with E-state index in [2.05, 4.69) is 10.2 Å². The Labute approximate surface area is 107 Å². The molecule has 1 aromatic carbocycles. The minimum atomic E-state index is -1.00. The number of carbonyl (C=O) groups is 1. The van der Waals surface area contributed by atoms with Gasteiger partial charge in [-0.3, -0.25) is 4.57 Å². The van der Waals surface area contributed by atoms with Gasteiger partial charge in [-0.25, -0.2) is 14.7 Å².